The number of nitrogens with zero attached hydrogens (tertiary/aromatic N) is 5. The van der Waals surface area contributed by atoms with Gasteiger partial charge in [0.15, 0.2) is 0 Å². The van der Waals surface area contributed by atoms with E-state index < -0.39 is 11.9 Å². The van der Waals surface area contributed by atoms with Crippen LogP contribution in [0.3, 0.4) is 0 Å². The molecular formula is C22H28N6O4. The van der Waals surface area contributed by atoms with Crippen LogP contribution in [-0.2, 0) is 9.59 Å². The van der Waals surface area contributed by atoms with Crippen LogP contribution in [0.1, 0.15) is 25.0 Å². The van der Waals surface area contributed by atoms with Gasteiger partial charge in [-0.2, -0.15) is 5.26 Å². The third-order valence-electron chi connectivity index (χ3n) is 5.06. The number of piperazine rings is 1. The third-order valence-corrected chi connectivity index (χ3v) is 5.06. The molecule has 3 heterocycles. The number of carbonyl (C=O) groups is 2. The second-order valence-electron chi connectivity index (χ2n) is 7.23. The zero-order chi connectivity index (χ0) is 23.8. The number of anilines is 1. The van der Waals surface area contributed by atoms with Gasteiger partial charge < -0.3 is 20.2 Å². The molecule has 1 aliphatic rings. The topological polar surface area (TPSA) is 131 Å². The van der Waals surface area contributed by atoms with Crippen molar-refractivity contribution in [1.82, 2.24) is 19.6 Å². The van der Waals surface area contributed by atoms with Crippen molar-refractivity contribution in [3.63, 3.8) is 0 Å². The van der Waals surface area contributed by atoms with Crippen LogP contribution in [0, 0.1) is 18.3 Å². The summed E-state index contributed by atoms with van der Waals surface area (Å²) in [6.45, 7) is 9.28. The van der Waals surface area contributed by atoms with Crippen LogP contribution < -0.4 is 15.8 Å². The van der Waals surface area contributed by atoms with Crippen molar-refractivity contribution < 1.29 is 14.7 Å². The molecule has 2 aromatic heterocycles. The van der Waals surface area contributed by atoms with Gasteiger partial charge in [-0.3, -0.25) is 18.8 Å². The van der Waals surface area contributed by atoms with E-state index in [1.54, 1.807) is 12.3 Å². The molecule has 1 fully saturated rings. The molecule has 0 saturated carbocycles. The minimum Gasteiger partial charge on any atom is -0.481 e. The summed E-state index contributed by atoms with van der Waals surface area (Å²) in [5, 5.41) is 19.2. The van der Waals surface area contributed by atoms with Gasteiger partial charge in [-0.05, 0) is 31.2 Å². The van der Waals surface area contributed by atoms with Crippen molar-refractivity contribution in [3.8, 4) is 6.07 Å². The molecule has 10 heteroatoms. The van der Waals surface area contributed by atoms with Gasteiger partial charge in [0.2, 0.25) is 0 Å². The van der Waals surface area contributed by atoms with Gasteiger partial charge >= 0.3 is 0 Å². The Morgan fingerprint density at radius 3 is 2.47 bits per heavy atom. The first-order valence-corrected chi connectivity index (χ1v) is 10.3. The highest BCUT2D eigenvalue weighted by Crippen LogP contribution is 2.21. The Morgan fingerprint density at radius 1 is 1.31 bits per heavy atom. The number of amides is 1. The Balaban J connectivity index is 0.000000837. The SMILES string of the molecule is CC(=O)O.CCN1CCN(c2nc3c(C)cccn3c(=O)c2/C=C(\C#N)C(=O)NC)CC1. The monoisotopic (exact) mass is 440 g/mol. The van der Waals surface area contributed by atoms with E-state index in [9.17, 15) is 14.9 Å². The first kappa shape index (κ1) is 24.6. The third kappa shape index (κ3) is 5.70. The molecule has 0 atom stereocenters. The average molecular weight is 441 g/mol. The van der Waals surface area contributed by atoms with E-state index in [1.165, 1.54) is 17.5 Å². The van der Waals surface area contributed by atoms with Gasteiger partial charge in [0.25, 0.3) is 17.4 Å². The van der Waals surface area contributed by atoms with Crippen LogP contribution in [0.25, 0.3) is 11.7 Å². The molecule has 2 aromatic rings. The Kier molecular flexibility index (Phi) is 8.49. The molecule has 0 aliphatic carbocycles. The maximum atomic E-state index is 13.2. The number of aliphatic carboxylic acids is 1. The fourth-order valence-electron chi connectivity index (χ4n) is 3.37. The van der Waals surface area contributed by atoms with Gasteiger partial charge in [0.05, 0.1) is 5.56 Å². The summed E-state index contributed by atoms with van der Waals surface area (Å²) in [7, 11) is 1.45. The number of carbonyl (C=O) groups excluding carboxylic acids is 1. The maximum Gasteiger partial charge on any atom is 0.300 e. The van der Waals surface area contributed by atoms with Gasteiger partial charge in [0.1, 0.15) is 23.1 Å². The molecule has 0 aromatic carbocycles. The van der Waals surface area contributed by atoms with Gasteiger partial charge in [-0.1, -0.05) is 13.0 Å². The molecule has 1 aliphatic heterocycles. The number of nitriles is 1. The first-order chi connectivity index (χ1) is 15.2. The Labute approximate surface area is 186 Å². The lowest BCUT2D eigenvalue weighted by atomic mass is 10.1. The molecule has 3 rings (SSSR count). The summed E-state index contributed by atoms with van der Waals surface area (Å²) >= 11 is 0. The molecule has 10 nitrogen and oxygen atoms in total. The Hall–Kier alpha value is -3.71. The number of pyridine rings is 1. The molecule has 170 valence electrons. The summed E-state index contributed by atoms with van der Waals surface area (Å²) in [6, 6.07) is 5.57. The Morgan fingerprint density at radius 2 is 1.94 bits per heavy atom. The van der Waals surface area contributed by atoms with E-state index in [4.69, 9.17) is 14.9 Å². The summed E-state index contributed by atoms with van der Waals surface area (Å²) in [5.74, 6) is -0.843. The lowest BCUT2D eigenvalue weighted by Crippen LogP contribution is -2.47. The quantitative estimate of drug-likeness (QED) is 0.529. The predicted molar refractivity (Wildman–Crippen MR) is 121 cm³/mol. The molecule has 2 N–H and O–H groups in total. The number of nitrogens with one attached hydrogen (secondary N) is 1. The second kappa shape index (κ2) is 11.1. The lowest BCUT2D eigenvalue weighted by Gasteiger charge is -2.35. The van der Waals surface area contributed by atoms with Crippen LogP contribution in [0.4, 0.5) is 5.82 Å². The molecule has 1 saturated heterocycles. The van der Waals surface area contributed by atoms with Gasteiger partial charge in [-0.15, -0.1) is 0 Å². The van der Waals surface area contributed by atoms with E-state index in [2.05, 4.69) is 22.0 Å². The number of aryl methyl sites for hydroxylation is 1. The molecule has 0 radical (unpaired) electrons. The van der Waals surface area contributed by atoms with E-state index >= 15 is 0 Å². The number of carboxylic acids is 1. The zero-order valence-electron chi connectivity index (χ0n) is 18.8. The number of rotatable bonds is 4. The standard InChI is InChI=1S/C20H24N6O2.C2H4O2/c1-4-24-8-10-25(11-9-24)18-16(12-15(13-21)19(27)22-3)20(28)26-7-5-6-14(2)17(26)23-18;1-2(3)4/h5-7,12H,4,8-11H2,1-3H3,(H,22,27);1H3,(H,3,4)/b15-12+;. The minimum absolute atomic E-state index is 0.123. The lowest BCUT2D eigenvalue weighted by molar-refractivity contribution is -0.134. The highest BCUT2D eigenvalue weighted by Gasteiger charge is 2.23. The first-order valence-electron chi connectivity index (χ1n) is 10.3. The van der Waals surface area contributed by atoms with Crippen molar-refractivity contribution in [2.45, 2.75) is 20.8 Å². The van der Waals surface area contributed by atoms with Crippen LogP contribution in [-0.4, -0.2) is 71.0 Å². The van der Waals surface area contributed by atoms with Crippen molar-refractivity contribution >= 4 is 29.4 Å². The van der Waals surface area contributed by atoms with E-state index in [0.29, 0.717) is 11.5 Å². The van der Waals surface area contributed by atoms with E-state index in [1.807, 2.05) is 19.1 Å². The Bertz CT molecular complexity index is 1120. The predicted octanol–water partition coefficient (Wildman–Crippen LogP) is 0.889. The van der Waals surface area contributed by atoms with Crippen molar-refractivity contribution in [2.24, 2.45) is 0 Å². The van der Waals surface area contributed by atoms with Gasteiger partial charge in [-0.25, -0.2) is 4.98 Å². The minimum atomic E-state index is -0.833. The van der Waals surface area contributed by atoms with Crippen LogP contribution >= 0.6 is 0 Å². The van der Waals surface area contributed by atoms with Crippen molar-refractivity contribution in [2.75, 3.05) is 44.7 Å². The smallest absolute Gasteiger partial charge is 0.300 e. The molecular weight excluding hydrogens is 412 g/mol. The van der Waals surface area contributed by atoms with Gasteiger partial charge in [0, 0.05) is 46.3 Å². The summed E-state index contributed by atoms with van der Waals surface area (Å²) < 4.78 is 1.46. The highest BCUT2D eigenvalue weighted by molar-refractivity contribution is 6.02. The number of fused-ring (bicyclic) bond motifs is 1. The van der Waals surface area contributed by atoms with Crippen LogP contribution in [0.15, 0.2) is 28.7 Å². The second-order valence-corrected chi connectivity index (χ2v) is 7.23. The van der Waals surface area contributed by atoms with Crippen LogP contribution in [0.2, 0.25) is 0 Å². The van der Waals surface area contributed by atoms with E-state index in [0.717, 1.165) is 45.2 Å². The molecule has 0 unspecified atom stereocenters. The fourth-order valence-corrected chi connectivity index (χ4v) is 3.37. The zero-order valence-corrected chi connectivity index (χ0v) is 18.8. The maximum absolute atomic E-state index is 13.2. The average Bonchev–Trinajstić information content (AvgIpc) is 2.78. The van der Waals surface area contributed by atoms with Crippen molar-refractivity contribution in [1.29, 1.82) is 5.26 Å². The van der Waals surface area contributed by atoms with Crippen LogP contribution in [0.5, 0.6) is 0 Å². The van der Waals surface area contributed by atoms with E-state index in [-0.39, 0.29) is 16.7 Å². The number of carboxylic acid groups (broad SMARTS) is 1. The number of likely N-dealkylation sites (N-methyl/N-ethyl adjacent to an activating group) is 2. The normalized spacial score (nSPS) is 14.3. The molecule has 0 spiro atoms. The highest BCUT2D eigenvalue weighted by atomic mass is 16.4. The molecule has 1 amide bonds. The number of hydrogen-bond donors (Lipinski definition) is 2. The number of hydrogen-bond acceptors (Lipinski definition) is 7. The summed E-state index contributed by atoms with van der Waals surface area (Å²) in [6.07, 6.45) is 3.00. The summed E-state index contributed by atoms with van der Waals surface area (Å²) in [4.78, 5) is 43.4. The fraction of sp³-hybridized carbons (Fsp3) is 0.409. The summed E-state index contributed by atoms with van der Waals surface area (Å²) in [5.41, 5.74) is 1.31. The molecule has 0 bridgehead atoms. The number of aromatic nitrogens is 2. The molecule has 32 heavy (non-hydrogen) atoms. The largest absolute Gasteiger partial charge is 0.481 e. The van der Waals surface area contributed by atoms with Crippen molar-refractivity contribution in [3.05, 3.63) is 45.4 Å².